The molecule has 98 valence electrons. The van der Waals surface area contributed by atoms with Crippen molar-refractivity contribution in [2.24, 2.45) is 0 Å². The Labute approximate surface area is 117 Å². The molecular weight excluding hydrogens is 289 g/mol. The van der Waals surface area contributed by atoms with Crippen molar-refractivity contribution in [2.45, 2.75) is 25.5 Å². The number of aromatic nitrogens is 3. The highest BCUT2D eigenvalue weighted by molar-refractivity contribution is 6.76. The average Bonchev–Trinajstić information content (AvgIpc) is 2.61. The number of halogens is 2. The van der Waals surface area contributed by atoms with E-state index >= 15 is 0 Å². The lowest BCUT2D eigenvalue weighted by Crippen LogP contribution is -2.36. The van der Waals surface area contributed by atoms with E-state index in [4.69, 9.17) is 27.9 Å². The van der Waals surface area contributed by atoms with Crippen LogP contribution in [0.25, 0.3) is 11.0 Å². The van der Waals surface area contributed by atoms with Crippen LogP contribution in [0.1, 0.15) is 5.85 Å². The van der Waals surface area contributed by atoms with Crippen molar-refractivity contribution in [3.63, 3.8) is 0 Å². The van der Waals surface area contributed by atoms with Crippen LogP contribution in [0.2, 0.25) is 30.1 Å². The number of hydrogen-bond acceptors (Lipinski definition) is 3. The molecule has 0 spiro atoms. The molecule has 0 radical (unpaired) electrons. The fourth-order valence-corrected chi connectivity index (χ4v) is 4.23. The van der Waals surface area contributed by atoms with Crippen LogP contribution in [-0.4, -0.2) is 29.7 Å². The SMILES string of the molecule is COC(n1ccc2c(Cl)nc(Cl)nc21)[Si](C)(C)C. The summed E-state index contributed by atoms with van der Waals surface area (Å²) in [4.78, 5) is 8.19. The van der Waals surface area contributed by atoms with E-state index in [0.29, 0.717) is 10.8 Å². The van der Waals surface area contributed by atoms with Crippen LogP contribution >= 0.6 is 23.2 Å². The maximum Gasteiger partial charge on any atom is 0.225 e. The zero-order chi connectivity index (χ0) is 13.5. The van der Waals surface area contributed by atoms with Crippen molar-refractivity contribution in [1.29, 1.82) is 0 Å². The molecule has 0 saturated carbocycles. The molecular formula is C11H15Cl2N3OSi. The molecule has 0 bridgehead atoms. The number of fused-ring (bicyclic) bond motifs is 1. The molecule has 2 aromatic rings. The number of hydrogen-bond donors (Lipinski definition) is 0. The summed E-state index contributed by atoms with van der Waals surface area (Å²) < 4.78 is 7.61. The maximum atomic E-state index is 6.06. The molecule has 2 aromatic heterocycles. The third-order valence-corrected chi connectivity index (χ3v) is 5.17. The van der Waals surface area contributed by atoms with Crippen LogP contribution in [0.3, 0.4) is 0 Å². The molecule has 0 aliphatic rings. The Bertz CT molecular complexity index is 579. The molecule has 2 rings (SSSR count). The Morgan fingerprint density at radius 2 is 1.94 bits per heavy atom. The van der Waals surface area contributed by atoms with E-state index in [1.54, 1.807) is 7.11 Å². The summed E-state index contributed by atoms with van der Waals surface area (Å²) in [5.74, 6) is -0.0166. The zero-order valence-corrected chi connectivity index (χ0v) is 13.2. The summed E-state index contributed by atoms with van der Waals surface area (Å²) in [6.07, 6.45) is 1.92. The fraction of sp³-hybridized carbons (Fsp3) is 0.455. The Hall–Kier alpha value is -0.623. The summed E-state index contributed by atoms with van der Waals surface area (Å²) in [5.41, 5.74) is 0.717. The highest BCUT2D eigenvalue weighted by atomic mass is 35.5. The first-order valence-electron chi connectivity index (χ1n) is 5.57. The van der Waals surface area contributed by atoms with Gasteiger partial charge >= 0.3 is 0 Å². The summed E-state index contributed by atoms with van der Waals surface area (Å²) in [7, 11) is 0.158. The quantitative estimate of drug-likeness (QED) is 0.492. The van der Waals surface area contributed by atoms with Crippen LogP contribution in [0, 0.1) is 0 Å². The Morgan fingerprint density at radius 1 is 1.28 bits per heavy atom. The third kappa shape index (κ3) is 2.40. The van der Waals surface area contributed by atoms with Crippen molar-refractivity contribution in [3.8, 4) is 0 Å². The largest absolute Gasteiger partial charge is 0.365 e. The topological polar surface area (TPSA) is 39.9 Å². The summed E-state index contributed by atoms with van der Waals surface area (Å²) in [5, 5.41) is 1.31. The molecule has 4 nitrogen and oxygen atoms in total. The van der Waals surface area contributed by atoms with Gasteiger partial charge in [0.05, 0.1) is 5.39 Å². The van der Waals surface area contributed by atoms with E-state index < -0.39 is 8.07 Å². The van der Waals surface area contributed by atoms with Crippen LogP contribution < -0.4 is 0 Å². The molecule has 7 heteroatoms. The number of nitrogens with zero attached hydrogens (tertiary/aromatic N) is 3. The summed E-state index contributed by atoms with van der Waals surface area (Å²) in [6.45, 7) is 6.70. The van der Waals surface area contributed by atoms with Crippen molar-refractivity contribution < 1.29 is 4.74 Å². The van der Waals surface area contributed by atoms with Crippen molar-refractivity contribution in [1.82, 2.24) is 14.5 Å². The van der Waals surface area contributed by atoms with Gasteiger partial charge in [0.2, 0.25) is 5.28 Å². The molecule has 0 N–H and O–H groups in total. The second kappa shape index (κ2) is 4.81. The van der Waals surface area contributed by atoms with Crippen molar-refractivity contribution in [3.05, 3.63) is 22.7 Å². The normalized spacial score (nSPS) is 14.1. The van der Waals surface area contributed by atoms with Crippen molar-refractivity contribution in [2.75, 3.05) is 7.11 Å². The third-order valence-electron chi connectivity index (χ3n) is 2.71. The molecule has 2 heterocycles. The predicted octanol–water partition coefficient (Wildman–Crippen LogP) is 3.76. The van der Waals surface area contributed by atoms with Gasteiger partial charge in [0.25, 0.3) is 0 Å². The molecule has 0 saturated heterocycles. The highest BCUT2D eigenvalue weighted by Crippen LogP contribution is 2.29. The Kier molecular flexibility index (Phi) is 3.69. The van der Waals surface area contributed by atoms with Gasteiger partial charge in [-0.05, 0) is 17.7 Å². The Balaban J connectivity index is 2.65. The Morgan fingerprint density at radius 3 is 2.50 bits per heavy atom. The van der Waals surface area contributed by atoms with E-state index in [-0.39, 0.29) is 11.1 Å². The highest BCUT2D eigenvalue weighted by Gasteiger charge is 2.29. The lowest BCUT2D eigenvalue weighted by atomic mass is 10.4. The molecule has 0 aliphatic carbocycles. The van der Waals surface area contributed by atoms with Gasteiger partial charge in [-0.25, -0.2) is 4.98 Å². The van der Waals surface area contributed by atoms with Gasteiger partial charge in [0.15, 0.2) is 0 Å². The van der Waals surface area contributed by atoms with Gasteiger partial charge in [-0.1, -0.05) is 31.2 Å². The van der Waals surface area contributed by atoms with E-state index in [1.165, 1.54) is 0 Å². The first-order chi connectivity index (χ1) is 8.34. The van der Waals surface area contributed by atoms with Gasteiger partial charge in [0.1, 0.15) is 24.7 Å². The van der Waals surface area contributed by atoms with Gasteiger partial charge in [-0.2, -0.15) is 4.98 Å². The minimum Gasteiger partial charge on any atom is -0.365 e. The van der Waals surface area contributed by atoms with Gasteiger partial charge < -0.3 is 9.30 Å². The minimum absolute atomic E-state index is 0.0166. The summed E-state index contributed by atoms with van der Waals surface area (Å²) >= 11 is 11.9. The second-order valence-corrected chi connectivity index (χ2v) is 11.1. The molecule has 1 unspecified atom stereocenters. The average molecular weight is 304 g/mol. The molecule has 0 amide bonds. The van der Waals surface area contributed by atoms with Crippen molar-refractivity contribution >= 4 is 42.3 Å². The van der Waals surface area contributed by atoms with Gasteiger partial charge in [0, 0.05) is 13.3 Å². The first-order valence-corrected chi connectivity index (χ1v) is 9.90. The molecule has 1 atom stereocenters. The van der Waals surface area contributed by atoms with Crippen LogP contribution in [-0.2, 0) is 4.74 Å². The molecule has 0 aromatic carbocycles. The van der Waals surface area contributed by atoms with Gasteiger partial charge in [-0.3, -0.25) is 0 Å². The van der Waals surface area contributed by atoms with Crippen LogP contribution in [0.4, 0.5) is 0 Å². The molecule has 18 heavy (non-hydrogen) atoms. The standard InChI is InChI=1S/C11H15Cl2N3OSi/c1-17-11(18(2,3)4)16-6-5-7-8(12)14-10(13)15-9(7)16/h5-6,11H,1-4H3. The monoisotopic (exact) mass is 303 g/mol. The first kappa shape index (κ1) is 13.8. The maximum absolute atomic E-state index is 6.06. The lowest BCUT2D eigenvalue weighted by Gasteiger charge is -2.29. The van der Waals surface area contributed by atoms with Gasteiger partial charge in [-0.15, -0.1) is 0 Å². The second-order valence-electron chi connectivity index (χ2n) is 5.20. The number of ether oxygens (including phenoxy) is 1. The van der Waals surface area contributed by atoms with Crippen LogP contribution in [0.5, 0.6) is 0 Å². The van der Waals surface area contributed by atoms with E-state index in [1.807, 2.05) is 16.8 Å². The number of methoxy groups -OCH3 is 1. The molecule has 0 fully saturated rings. The lowest BCUT2D eigenvalue weighted by molar-refractivity contribution is 0.107. The van der Waals surface area contributed by atoms with Crippen LogP contribution in [0.15, 0.2) is 12.3 Å². The minimum atomic E-state index is -1.55. The predicted molar refractivity (Wildman–Crippen MR) is 76.9 cm³/mol. The zero-order valence-electron chi connectivity index (χ0n) is 10.7. The van der Waals surface area contributed by atoms with E-state index in [9.17, 15) is 0 Å². The summed E-state index contributed by atoms with van der Waals surface area (Å²) in [6, 6.07) is 1.89. The smallest absolute Gasteiger partial charge is 0.225 e. The number of rotatable bonds is 3. The fourth-order valence-electron chi connectivity index (χ4n) is 2.05. The van der Waals surface area contributed by atoms with E-state index in [2.05, 4.69) is 29.6 Å². The molecule has 0 aliphatic heterocycles. The van der Waals surface area contributed by atoms with E-state index in [0.717, 1.165) is 5.39 Å².